The summed E-state index contributed by atoms with van der Waals surface area (Å²) in [5.74, 6) is 0.455. The molecule has 1 aromatic heterocycles. The number of hydrogen-bond donors (Lipinski definition) is 1. The van der Waals surface area contributed by atoms with Gasteiger partial charge in [0.2, 0.25) is 5.91 Å². The fourth-order valence-electron chi connectivity index (χ4n) is 3.27. The molecule has 4 heteroatoms. The standard InChI is InChI=1S/C19H18N2OS/c1-11-7-8-13(9-12(11)2)14-10-15(14)18(22)21-17-6-4-3-5-16(17)20-19(21)23/h3-9,14-15H,10H2,1-2H3,(H,20,23). The van der Waals surface area contributed by atoms with Crippen LogP contribution < -0.4 is 0 Å². The van der Waals surface area contributed by atoms with Gasteiger partial charge < -0.3 is 4.98 Å². The zero-order chi connectivity index (χ0) is 16.1. The van der Waals surface area contributed by atoms with E-state index in [9.17, 15) is 4.79 Å². The van der Waals surface area contributed by atoms with Crippen molar-refractivity contribution in [3.63, 3.8) is 0 Å². The first kappa shape index (κ1) is 14.4. The van der Waals surface area contributed by atoms with Crippen LogP contribution >= 0.6 is 12.2 Å². The molecule has 1 fully saturated rings. The van der Waals surface area contributed by atoms with Gasteiger partial charge in [-0.15, -0.1) is 0 Å². The highest BCUT2D eigenvalue weighted by Crippen LogP contribution is 2.48. The Kier molecular flexibility index (Phi) is 3.23. The zero-order valence-electron chi connectivity index (χ0n) is 13.2. The molecule has 0 aliphatic heterocycles. The lowest BCUT2D eigenvalue weighted by Gasteiger charge is -2.06. The Morgan fingerprint density at radius 3 is 2.74 bits per heavy atom. The van der Waals surface area contributed by atoms with Gasteiger partial charge in [-0.05, 0) is 67.2 Å². The molecule has 1 aliphatic carbocycles. The lowest BCUT2D eigenvalue weighted by atomic mass is 10.0. The van der Waals surface area contributed by atoms with E-state index in [1.165, 1.54) is 16.7 Å². The molecule has 0 bridgehead atoms. The van der Waals surface area contributed by atoms with Crippen LogP contribution in [0, 0.1) is 24.5 Å². The Balaban J connectivity index is 1.67. The average Bonchev–Trinajstić information content (AvgIpc) is 3.25. The normalized spacial score (nSPS) is 19.9. The minimum Gasteiger partial charge on any atom is -0.330 e. The third-order valence-corrected chi connectivity index (χ3v) is 5.16. The first-order valence-electron chi connectivity index (χ1n) is 7.87. The maximum atomic E-state index is 12.9. The smallest absolute Gasteiger partial charge is 0.237 e. The van der Waals surface area contributed by atoms with Crippen molar-refractivity contribution in [2.45, 2.75) is 26.2 Å². The first-order chi connectivity index (χ1) is 11.1. The van der Waals surface area contributed by atoms with E-state index in [1.807, 2.05) is 24.3 Å². The second-order valence-electron chi connectivity index (χ2n) is 6.41. The third kappa shape index (κ3) is 2.34. The number of carbonyl (C=O) groups is 1. The molecule has 0 saturated heterocycles. The Morgan fingerprint density at radius 2 is 1.96 bits per heavy atom. The van der Waals surface area contributed by atoms with Gasteiger partial charge in [0.05, 0.1) is 11.0 Å². The second-order valence-corrected chi connectivity index (χ2v) is 6.80. The number of aromatic nitrogens is 2. The van der Waals surface area contributed by atoms with E-state index >= 15 is 0 Å². The van der Waals surface area contributed by atoms with E-state index in [4.69, 9.17) is 12.2 Å². The van der Waals surface area contributed by atoms with Crippen molar-refractivity contribution in [3.8, 4) is 0 Å². The highest BCUT2D eigenvalue weighted by molar-refractivity contribution is 7.71. The molecule has 1 saturated carbocycles. The molecule has 2 aromatic carbocycles. The van der Waals surface area contributed by atoms with E-state index < -0.39 is 0 Å². The van der Waals surface area contributed by atoms with Crippen LogP contribution in [-0.4, -0.2) is 15.5 Å². The molecule has 1 N–H and O–H groups in total. The lowest BCUT2D eigenvalue weighted by Crippen LogP contribution is -2.13. The van der Waals surface area contributed by atoms with Gasteiger partial charge in [-0.2, -0.15) is 0 Å². The SMILES string of the molecule is Cc1ccc(C2CC2C(=O)n2c(=S)[nH]c3ccccc32)cc1C. The van der Waals surface area contributed by atoms with Crippen molar-refractivity contribution >= 4 is 29.2 Å². The highest BCUT2D eigenvalue weighted by atomic mass is 32.1. The number of rotatable bonds is 2. The van der Waals surface area contributed by atoms with Crippen molar-refractivity contribution in [1.82, 2.24) is 9.55 Å². The minimum atomic E-state index is 0.0306. The monoisotopic (exact) mass is 322 g/mol. The van der Waals surface area contributed by atoms with Gasteiger partial charge in [-0.1, -0.05) is 30.3 Å². The largest absolute Gasteiger partial charge is 0.330 e. The van der Waals surface area contributed by atoms with Crippen molar-refractivity contribution < 1.29 is 4.79 Å². The summed E-state index contributed by atoms with van der Waals surface area (Å²) in [5.41, 5.74) is 5.61. The summed E-state index contributed by atoms with van der Waals surface area (Å²) in [6.45, 7) is 4.23. The molecular formula is C19H18N2OS. The van der Waals surface area contributed by atoms with Crippen LogP contribution in [-0.2, 0) is 0 Å². The Bertz CT molecular complexity index is 982. The predicted octanol–water partition coefficient (Wildman–Crippen LogP) is 4.76. The number of nitrogens with one attached hydrogen (secondary N) is 1. The minimum absolute atomic E-state index is 0.0306. The number of imidazole rings is 1. The third-order valence-electron chi connectivity index (χ3n) is 4.88. The molecule has 0 amide bonds. The van der Waals surface area contributed by atoms with Crippen LogP contribution in [0.4, 0.5) is 0 Å². The molecule has 1 heterocycles. The lowest BCUT2D eigenvalue weighted by molar-refractivity contribution is 0.0887. The molecule has 3 nitrogen and oxygen atoms in total. The van der Waals surface area contributed by atoms with E-state index in [0.717, 1.165) is 17.5 Å². The molecule has 3 aromatic rings. The highest BCUT2D eigenvalue weighted by Gasteiger charge is 2.45. The van der Waals surface area contributed by atoms with Crippen LogP contribution in [0.25, 0.3) is 11.0 Å². The fourth-order valence-corrected chi connectivity index (χ4v) is 3.57. The number of fused-ring (bicyclic) bond motifs is 1. The molecule has 2 unspecified atom stereocenters. The summed E-state index contributed by atoms with van der Waals surface area (Å²) in [6, 6.07) is 14.3. The molecule has 0 spiro atoms. The number of aryl methyl sites for hydroxylation is 2. The molecule has 1 aliphatic rings. The number of carbonyl (C=O) groups excluding carboxylic acids is 1. The van der Waals surface area contributed by atoms with Crippen LogP contribution in [0.3, 0.4) is 0 Å². The Labute approximate surface area is 140 Å². The van der Waals surface area contributed by atoms with Crippen molar-refractivity contribution in [1.29, 1.82) is 0 Å². The van der Waals surface area contributed by atoms with Gasteiger partial charge in [-0.25, -0.2) is 0 Å². The summed E-state index contributed by atoms with van der Waals surface area (Å²) in [6.07, 6.45) is 0.905. The number of benzene rings is 2. The molecular weight excluding hydrogens is 304 g/mol. The summed E-state index contributed by atoms with van der Waals surface area (Å²) in [7, 11) is 0. The predicted molar refractivity (Wildman–Crippen MR) is 94.5 cm³/mol. The summed E-state index contributed by atoms with van der Waals surface area (Å²) < 4.78 is 2.15. The summed E-state index contributed by atoms with van der Waals surface area (Å²) in [5, 5.41) is 0. The first-order valence-corrected chi connectivity index (χ1v) is 8.28. The van der Waals surface area contributed by atoms with Crippen LogP contribution in [0.15, 0.2) is 42.5 Å². The van der Waals surface area contributed by atoms with Gasteiger partial charge >= 0.3 is 0 Å². The Hall–Kier alpha value is -2.20. The van der Waals surface area contributed by atoms with Gasteiger partial charge in [0.1, 0.15) is 0 Å². The van der Waals surface area contributed by atoms with Crippen molar-refractivity contribution in [2.75, 3.05) is 0 Å². The summed E-state index contributed by atoms with van der Waals surface area (Å²) in [4.78, 5) is 16.0. The Morgan fingerprint density at radius 1 is 1.17 bits per heavy atom. The van der Waals surface area contributed by atoms with E-state index in [2.05, 4.69) is 37.0 Å². The van der Waals surface area contributed by atoms with Crippen molar-refractivity contribution in [2.24, 2.45) is 5.92 Å². The van der Waals surface area contributed by atoms with Gasteiger partial charge in [0.15, 0.2) is 4.77 Å². The number of aromatic amines is 1. The van der Waals surface area contributed by atoms with Crippen LogP contribution in [0.2, 0.25) is 0 Å². The van der Waals surface area contributed by atoms with E-state index in [-0.39, 0.29) is 11.8 Å². The van der Waals surface area contributed by atoms with E-state index in [1.54, 1.807) is 4.57 Å². The molecule has 4 rings (SSSR count). The maximum Gasteiger partial charge on any atom is 0.237 e. The topological polar surface area (TPSA) is 37.8 Å². The molecule has 0 radical (unpaired) electrons. The summed E-state index contributed by atoms with van der Waals surface area (Å²) >= 11 is 5.36. The fraction of sp³-hybridized carbons (Fsp3) is 0.263. The maximum absolute atomic E-state index is 12.9. The van der Waals surface area contributed by atoms with Gasteiger partial charge in [-0.3, -0.25) is 9.36 Å². The number of hydrogen-bond acceptors (Lipinski definition) is 2. The van der Waals surface area contributed by atoms with Crippen molar-refractivity contribution in [3.05, 3.63) is 63.9 Å². The number of nitrogens with zero attached hydrogens (tertiary/aromatic N) is 1. The molecule has 2 atom stereocenters. The number of H-pyrrole nitrogens is 1. The average molecular weight is 322 g/mol. The second kappa shape index (κ2) is 5.17. The van der Waals surface area contributed by atoms with Gasteiger partial charge in [0, 0.05) is 5.92 Å². The zero-order valence-corrected chi connectivity index (χ0v) is 14.0. The van der Waals surface area contributed by atoms with Gasteiger partial charge in [0.25, 0.3) is 0 Å². The van der Waals surface area contributed by atoms with E-state index in [0.29, 0.717) is 10.7 Å². The van der Waals surface area contributed by atoms with Crippen LogP contribution in [0.1, 0.15) is 33.8 Å². The number of para-hydroxylation sites is 2. The molecule has 116 valence electrons. The molecule has 23 heavy (non-hydrogen) atoms. The quantitative estimate of drug-likeness (QED) is 0.691. The van der Waals surface area contributed by atoms with Crippen LogP contribution in [0.5, 0.6) is 0 Å².